The molecule has 0 aromatic carbocycles. The Morgan fingerprint density at radius 1 is 1.58 bits per heavy atom. The van der Waals surface area contributed by atoms with Crippen molar-refractivity contribution in [2.75, 3.05) is 13.2 Å². The fourth-order valence-corrected chi connectivity index (χ4v) is 2.34. The van der Waals surface area contributed by atoms with Crippen LogP contribution in [0.15, 0.2) is 5.57 Å². The van der Waals surface area contributed by atoms with Gasteiger partial charge >= 0.3 is 5.97 Å². The SMILES string of the molecule is CC(C)(C)OC(=O)C1NC(C2CO2)C(CO)C1=C=O. The number of aliphatic hydroxyl groups is 1. The molecule has 2 fully saturated rings. The minimum absolute atomic E-state index is 0.0621. The third kappa shape index (κ3) is 3.04. The summed E-state index contributed by atoms with van der Waals surface area (Å²) in [5.41, 5.74) is -0.410. The molecule has 0 bridgehead atoms. The Kier molecular flexibility index (Phi) is 3.78. The van der Waals surface area contributed by atoms with Gasteiger partial charge in [0.25, 0.3) is 0 Å². The molecule has 0 spiro atoms. The normalized spacial score (nSPS) is 34.0. The summed E-state index contributed by atoms with van der Waals surface area (Å²) in [5, 5.41) is 12.4. The zero-order valence-electron chi connectivity index (χ0n) is 11.3. The first-order valence-electron chi connectivity index (χ1n) is 6.33. The third-order valence-electron chi connectivity index (χ3n) is 3.22. The predicted octanol–water partition coefficient (Wildman–Crippen LogP) is -0.566. The van der Waals surface area contributed by atoms with Crippen molar-refractivity contribution in [2.45, 2.75) is 44.6 Å². The first-order chi connectivity index (χ1) is 8.87. The summed E-state index contributed by atoms with van der Waals surface area (Å²) < 4.78 is 10.4. The van der Waals surface area contributed by atoms with E-state index in [2.05, 4.69) is 5.32 Å². The quantitative estimate of drug-likeness (QED) is 0.405. The van der Waals surface area contributed by atoms with E-state index in [1.807, 2.05) is 0 Å². The average molecular weight is 269 g/mol. The van der Waals surface area contributed by atoms with Crippen LogP contribution in [0, 0.1) is 5.92 Å². The second kappa shape index (κ2) is 5.06. The number of ether oxygens (including phenoxy) is 2. The summed E-state index contributed by atoms with van der Waals surface area (Å²) >= 11 is 0. The maximum atomic E-state index is 12.1. The molecule has 0 aromatic rings. The third-order valence-corrected chi connectivity index (χ3v) is 3.22. The Morgan fingerprint density at radius 3 is 2.63 bits per heavy atom. The summed E-state index contributed by atoms with van der Waals surface area (Å²) in [4.78, 5) is 23.2. The van der Waals surface area contributed by atoms with Crippen LogP contribution >= 0.6 is 0 Å². The smallest absolute Gasteiger partial charge is 0.328 e. The van der Waals surface area contributed by atoms with E-state index in [0.29, 0.717) is 6.61 Å². The van der Waals surface area contributed by atoms with E-state index in [9.17, 15) is 14.7 Å². The van der Waals surface area contributed by atoms with Gasteiger partial charge in [0.05, 0.1) is 19.3 Å². The Bertz CT molecular complexity index is 417. The molecule has 2 aliphatic heterocycles. The first kappa shape index (κ1) is 14.2. The predicted molar refractivity (Wildman–Crippen MR) is 66.1 cm³/mol. The molecule has 0 aliphatic carbocycles. The van der Waals surface area contributed by atoms with Crippen LogP contribution < -0.4 is 5.32 Å². The molecule has 0 radical (unpaired) electrons. The number of hydrogen-bond donors (Lipinski definition) is 2. The second-order valence-electron chi connectivity index (χ2n) is 5.88. The van der Waals surface area contributed by atoms with E-state index in [1.54, 1.807) is 26.7 Å². The molecule has 0 saturated carbocycles. The van der Waals surface area contributed by atoms with Gasteiger partial charge < -0.3 is 14.6 Å². The monoisotopic (exact) mass is 269 g/mol. The van der Waals surface area contributed by atoms with Gasteiger partial charge in [-0.25, -0.2) is 9.59 Å². The van der Waals surface area contributed by atoms with Crippen molar-refractivity contribution in [3.8, 4) is 0 Å². The van der Waals surface area contributed by atoms with E-state index < -0.39 is 23.5 Å². The fraction of sp³-hybridized carbons (Fsp3) is 0.769. The van der Waals surface area contributed by atoms with Gasteiger partial charge in [-0.15, -0.1) is 0 Å². The highest BCUT2D eigenvalue weighted by Crippen LogP contribution is 2.33. The Balaban J connectivity index is 2.16. The fourth-order valence-electron chi connectivity index (χ4n) is 2.34. The molecule has 0 amide bonds. The lowest BCUT2D eigenvalue weighted by atomic mass is 9.93. The van der Waals surface area contributed by atoms with Gasteiger partial charge in [-0.3, -0.25) is 5.32 Å². The van der Waals surface area contributed by atoms with E-state index in [-0.39, 0.29) is 24.3 Å². The average Bonchev–Trinajstić information content (AvgIpc) is 3.06. The number of carbonyl (C=O) groups is 1. The summed E-state index contributed by atoms with van der Waals surface area (Å²) in [7, 11) is 0. The zero-order valence-corrected chi connectivity index (χ0v) is 11.3. The van der Waals surface area contributed by atoms with Gasteiger partial charge in [-0.1, -0.05) is 0 Å². The second-order valence-corrected chi connectivity index (χ2v) is 5.88. The van der Waals surface area contributed by atoms with E-state index in [1.165, 1.54) is 0 Å². The van der Waals surface area contributed by atoms with Gasteiger partial charge in [-0.2, -0.15) is 0 Å². The van der Waals surface area contributed by atoms with Crippen molar-refractivity contribution in [2.24, 2.45) is 5.92 Å². The van der Waals surface area contributed by atoms with Crippen molar-refractivity contribution in [3.63, 3.8) is 0 Å². The number of nitrogens with one attached hydrogen (secondary N) is 1. The van der Waals surface area contributed by atoms with Crippen LogP contribution in [0.5, 0.6) is 0 Å². The van der Waals surface area contributed by atoms with Gasteiger partial charge in [0.1, 0.15) is 17.6 Å². The van der Waals surface area contributed by atoms with Gasteiger partial charge in [0.15, 0.2) is 0 Å². The van der Waals surface area contributed by atoms with Crippen LogP contribution in [0.25, 0.3) is 0 Å². The van der Waals surface area contributed by atoms with E-state index in [0.717, 1.165) is 0 Å². The Morgan fingerprint density at radius 2 is 2.21 bits per heavy atom. The van der Waals surface area contributed by atoms with E-state index >= 15 is 0 Å². The number of hydrogen-bond acceptors (Lipinski definition) is 6. The molecule has 19 heavy (non-hydrogen) atoms. The minimum Gasteiger partial charge on any atom is -0.459 e. The standard InChI is InChI=1S/C13H19NO5/c1-13(2,3)19-12(17)11-8(5-16)7(4-15)10(14-11)9-6-18-9/h7,9-11,14-15H,4,6H2,1-3H3. The van der Waals surface area contributed by atoms with Crippen LogP contribution in [-0.2, 0) is 19.1 Å². The Hall–Kier alpha value is -1.20. The van der Waals surface area contributed by atoms with Crippen molar-refractivity contribution in [3.05, 3.63) is 5.57 Å². The van der Waals surface area contributed by atoms with Crippen LogP contribution in [0.3, 0.4) is 0 Å². The molecule has 6 nitrogen and oxygen atoms in total. The number of epoxide rings is 1. The van der Waals surface area contributed by atoms with Crippen molar-refractivity contribution in [1.29, 1.82) is 0 Å². The lowest BCUT2D eigenvalue weighted by Crippen LogP contribution is -2.42. The maximum Gasteiger partial charge on any atom is 0.328 e. The molecule has 0 aromatic heterocycles. The molecule has 2 aliphatic rings. The summed E-state index contributed by atoms with van der Waals surface area (Å²) in [5.74, 6) is 0.819. The number of esters is 1. The van der Waals surface area contributed by atoms with Crippen molar-refractivity contribution >= 4 is 11.9 Å². The Labute approximate surface area is 111 Å². The molecule has 106 valence electrons. The molecule has 6 heteroatoms. The topological polar surface area (TPSA) is 88.2 Å². The van der Waals surface area contributed by atoms with Gasteiger partial charge in [0, 0.05) is 17.5 Å². The van der Waals surface area contributed by atoms with Gasteiger partial charge in [-0.05, 0) is 20.8 Å². The van der Waals surface area contributed by atoms with Crippen LogP contribution in [0.1, 0.15) is 20.8 Å². The maximum absolute atomic E-state index is 12.1. The van der Waals surface area contributed by atoms with Crippen LogP contribution in [-0.4, -0.2) is 54.0 Å². The van der Waals surface area contributed by atoms with Crippen LogP contribution in [0.4, 0.5) is 0 Å². The van der Waals surface area contributed by atoms with Crippen molar-refractivity contribution < 1.29 is 24.2 Å². The first-order valence-corrected chi connectivity index (χ1v) is 6.33. The number of carbonyl (C=O) groups excluding carboxylic acids is 2. The number of rotatable bonds is 3. The molecule has 2 saturated heterocycles. The largest absolute Gasteiger partial charge is 0.459 e. The summed E-state index contributed by atoms with van der Waals surface area (Å²) in [6, 6.07) is -1.08. The van der Waals surface area contributed by atoms with E-state index in [4.69, 9.17) is 9.47 Å². The van der Waals surface area contributed by atoms with Crippen LogP contribution in [0.2, 0.25) is 0 Å². The molecule has 4 unspecified atom stereocenters. The highest BCUT2D eigenvalue weighted by atomic mass is 16.6. The highest BCUT2D eigenvalue weighted by molar-refractivity contribution is 5.84. The van der Waals surface area contributed by atoms with Crippen molar-refractivity contribution in [1.82, 2.24) is 5.32 Å². The molecule has 4 atom stereocenters. The highest BCUT2D eigenvalue weighted by Gasteiger charge is 2.50. The molecule has 2 heterocycles. The zero-order chi connectivity index (χ0) is 14.2. The summed E-state index contributed by atoms with van der Waals surface area (Å²) in [6.07, 6.45) is -0.0621. The minimum atomic E-state index is -0.844. The molecular weight excluding hydrogens is 250 g/mol. The van der Waals surface area contributed by atoms with Gasteiger partial charge in [0.2, 0.25) is 0 Å². The number of aliphatic hydroxyl groups excluding tert-OH is 1. The lowest BCUT2D eigenvalue weighted by molar-refractivity contribution is -0.156. The lowest BCUT2D eigenvalue weighted by Gasteiger charge is -2.22. The molecule has 2 rings (SSSR count). The summed E-state index contributed by atoms with van der Waals surface area (Å²) in [6.45, 7) is 5.63. The molecular formula is C13H19NO5. The molecule has 2 N–H and O–H groups in total.